The van der Waals surface area contributed by atoms with Crippen LogP contribution in [0.3, 0.4) is 0 Å². The van der Waals surface area contributed by atoms with Gasteiger partial charge in [-0.25, -0.2) is 4.79 Å². The highest BCUT2D eigenvalue weighted by molar-refractivity contribution is 7.72. The second-order valence-corrected chi connectivity index (χ2v) is 11.5. The number of hydrogen-bond donors (Lipinski definition) is 1. The van der Waals surface area contributed by atoms with Crippen molar-refractivity contribution in [2.75, 3.05) is 38.4 Å². The third-order valence-electron chi connectivity index (χ3n) is 4.32. The number of Topliss-reactive ketones (excluding diaryl/α,β-unsaturated/α-hetero) is 1. The van der Waals surface area contributed by atoms with Crippen molar-refractivity contribution in [3.63, 3.8) is 0 Å². The number of benzene rings is 1. The summed E-state index contributed by atoms with van der Waals surface area (Å²) in [6.07, 6.45) is -0.774. The SMILES string of the molecule is CCOC(=O)Nc1ccc(C(=O)CCC(P(=O)(OCC)OCC)P(=O)(OCC)OCC)cc1. The van der Waals surface area contributed by atoms with E-state index in [0.29, 0.717) is 11.3 Å². The summed E-state index contributed by atoms with van der Waals surface area (Å²) in [6.45, 7) is 8.77. The van der Waals surface area contributed by atoms with Gasteiger partial charge in [0.25, 0.3) is 0 Å². The molecule has 1 aromatic carbocycles. The van der Waals surface area contributed by atoms with E-state index in [0.717, 1.165) is 0 Å². The smallest absolute Gasteiger partial charge is 0.411 e. The monoisotopic (exact) mass is 507 g/mol. The molecule has 0 saturated carbocycles. The topological polar surface area (TPSA) is 126 Å². The van der Waals surface area contributed by atoms with Crippen LogP contribution < -0.4 is 5.32 Å². The predicted molar refractivity (Wildman–Crippen MR) is 126 cm³/mol. The number of rotatable bonds is 16. The molecule has 0 spiro atoms. The number of anilines is 1. The molecule has 1 aromatic rings. The summed E-state index contributed by atoms with van der Waals surface area (Å²) in [7, 11) is -7.83. The van der Waals surface area contributed by atoms with Gasteiger partial charge in [-0.1, -0.05) is 0 Å². The molecule has 0 aliphatic rings. The van der Waals surface area contributed by atoms with Gasteiger partial charge in [-0.2, -0.15) is 0 Å². The molecule has 0 fully saturated rings. The normalized spacial score (nSPS) is 12.1. The Balaban J connectivity index is 3.08. The number of amides is 1. The maximum Gasteiger partial charge on any atom is 0.411 e. The van der Waals surface area contributed by atoms with E-state index in [1.165, 1.54) is 0 Å². The Bertz CT molecular complexity index is 795. The van der Waals surface area contributed by atoms with Gasteiger partial charge >= 0.3 is 21.3 Å². The second kappa shape index (κ2) is 14.7. The number of carbonyl (C=O) groups excluding carboxylic acids is 2. The Hall–Kier alpha value is -1.54. The van der Waals surface area contributed by atoms with Crippen molar-refractivity contribution in [3.05, 3.63) is 29.8 Å². The van der Waals surface area contributed by atoms with E-state index in [-0.39, 0.29) is 51.7 Å². The zero-order valence-electron chi connectivity index (χ0n) is 19.9. The first-order chi connectivity index (χ1) is 15.7. The maximum absolute atomic E-state index is 13.5. The first kappa shape index (κ1) is 29.5. The summed E-state index contributed by atoms with van der Waals surface area (Å²) in [5.74, 6) is -0.276. The van der Waals surface area contributed by atoms with Crippen LogP contribution in [-0.2, 0) is 32.0 Å². The van der Waals surface area contributed by atoms with Crippen molar-refractivity contribution < 1.29 is 41.6 Å². The number of nitrogens with one attached hydrogen (secondary N) is 1. The lowest BCUT2D eigenvalue weighted by molar-refractivity contribution is 0.0979. The molecule has 0 unspecified atom stereocenters. The van der Waals surface area contributed by atoms with Gasteiger partial charge in [-0.3, -0.25) is 19.2 Å². The minimum Gasteiger partial charge on any atom is -0.450 e. The highest BCUT2D eigenvalue weighted by Crippen LogP contribution is 2.71. The molecule has 0 aliphatic carbocycles. The van der Waals surface area contributed by atoms with Crippen molar-refractivity contribution in [3.8, 4) is 0 Å². The van der Waals surface area contributed by atoms with Crippen molar-refractivity contribution >= 4 is 32.8 Å². The predicted octanol–water partition coefficient (Wildman–Crippen LogP) is 6.08. The van der Waals surface area contributed by atoms with Crippen molar-refractivity contribution in [1.29, 1.82) is 0 Å². The number of carbonyl (C=O) groups is 2. The fourth-order valence-electron chi connectivity index (χ4n) is 3.06. The van der Waals surface area contributed by atoms with Crippen LogP contribution in [0, 0.1) is 0 Å². The molecule has 12 heteroatoms. The lowest BCUT2D eigenvalue weighted by Crippen LogP contribution is -2.19. The standard InChI is InChI=1S/C21H35NO9P2/c1-6-27-21(24)22-18-13-11-17(12-14-18)19(23)15-16-20(32(25,28-7-2)29-8-3)33(26,30-9-4)31-10-5/h11-14,20H,6-10,15-16H2,1-5H3,(H,22,24). The highest BCUT2D eigenvalue weighted by Gasteiger charge is 2.50. The number of hydrogen-bond acceptors (Lipinski definition) is 9. The first-order valence-electron chi connectivity index (χ1n) is 11.0. The molecular weight excluding hydrogens is 472 g/mol. The molecule has 0 aliphatic heterocycles. The molecule has 0 radical (unpaired) electrons. The third kappa shape index (κ3) is 8.96. The average Bonchev–Trinajstić information content (AvgIpc) is 2.75. The average molecular weight is 507 g/mol. The van der Waals surface area contributed by atoms with Crippen LogP contribution in [-0.4, -0.2) is 50.3 Å². The van der Waals surface area contributed by atoms with Crippen LogP contribution in [0.25, 0.3) is 0 Å². The van der Waals surface area contributed by atoms with Gasteiger partial charge in [0.2, 0.25) is 0 Å². The molecular formula is C21H35NO9P2. The number of ether oxygens (including phenoxy) is 1. The zero-order chi connectivity index (χ0) is 24.9. The van der Waals surface area contributed by atoms with Crippen LogP contribution >= 0.6 is 15.2 Å². The fraction of sp³-hybridized carbons (Fsp3) is 0.619. The Kier molecular flexibility index (Phi) is 13.1. The highest BCUT2D eigenvalue weighted by atomic mass is 31.2. The van der Waals surface area contributed by atoms with Crippen LogP contribution in [0.2, 0.25) is 0 Å². The Labute approximate surface area is 195 Å². The largest absolute Gasteiger partial charge is 0.450 e. The minimum atomic E-state index is -3.92. The Morgan fingerprint density at radius 3 is 1.64 bits per heavy atom. The molecule has 0 saturated heterocycles. The van der Waals surface area contributed by atoms with Gasteiger partial charge < -0.3 is 22.8 Å². The lowest BCUT2D eigenvalue weighted by atomic mass is 10.1. The maximum atomic E-state index is 13.5. The minimum absolute atomic E-state index is 0.0644. The van der Waals surface area contributed by atoms with Gasteiger partial charge in [0, 0.05) is 17.7 Å². The molecule has 10 nitrogen and oxygen atoms in total. The summed E-state index contributed by atoms with van der Waals surface area (Å²) >= 11 is 0. The summed E-state index contributed by atoms with van der Waals surface area (Å²) in [5, 5.41) is 1.29. The summed E-state index contributed by atoms with van der Waals surface area (Å²) < 4.78 is 53.5. The summed E-state index contributed by atoms with van der Waals surface area (Å²) in [4.78, 5) is 24.3. The molecule has 1 N–H and O–H groups in total. The van der Waals surface area contributed by atoms with Crippen molar-refractivity contribution in [2.45, 2.75) is 52.9 Å². The van der Waals surface area contributed by atoms with E-state index >= 15 is 0 Å². The van der Waals surface area contributed by atoms with Gasteiger partial charge in [0.1, 0.15) is 0 Å². The number of ketones is 1. The van der Waals surface area contributed by atoms with Crippen LogP contribution in [0.1, 0.15) is 57.8 Å². The van der Waals surface area contributed by atoms with E-state index in [1.54, 1.807) is 58.9 Å². The quantitative estimate of drug-likeness (QED) is 0.209. The van der Waals surface area contributed by atoms with Gasteiger partial charge in [0.15, 0.2) is 11.2 Å². The summed E-state index contributed by atoms with van der Waals surface area (Å²) in [6, 6.07) is 6.24. The molecule has 0 aromatic heterocycles. The zero-order valence-corrected chi connectivity index (χ0v) is 21.7. The molecule has 1 amide bonds. The molecule has 33 heavy (non-hydrogen) atoms. The van der Waals surface area contributed by atoms with Crippen LogP contribution in [0.4, 0.5) is 10.5 Å². The fourth-order valence-corrected chi connectivity index (χ4v) is 8.41. The molecule has 0 atom stereocenters. The van der Waals surface area contributed by atoms with Crippen LogP contribution in [0.15, 0.2) is 24.3 Å². The first-order valence-corrected chi connectivity index (χ1v) is 14.3. The van der Waals surface area contributed by atoms with Crippen molar-refractivity contribution in [1.82, 2.24) is 0 Å². The van der Waals surface area contributed by atoms with E-state index in [1.807, 2.05) is 0 Å². The van der Waals surface area contributed by atoms with Gasteiger partial charge in [-0.15, -0.1) is 0 Å². The Morgan fingerprint density at radius 1 is 0.788 bits per heavy atom. The van der Waals surface area contributed by atoms with Crippen molar-refractivity contribution in [2.24, 2.45) is 0 Å². The summed E-state index contributed by atoms with van der Waals surface area (Å²) in [5.41, 5.74) is 0.839. The van der Waals surface area contributed by atoms with E-state index in [9.17, 15) is 18.7 Å². The van der Waals surface area contributed by atoms with Gasteiger partial charge in [-0.05, 0) is 65.3 Å². The van der Waals surface area contributed by atoms with Gasteiger partial charge in [0.05, 0.1) is 33.0 Å². The Morgan fingerprint density at radius 2 is 1.24 bits per heavy atom. The molecule has 0 bridgehead atoms. The van der Waals surface area contributed by atoms with E-state index in [2.05, 4.69) is 5.32 Å². The van der Waals surface area contributed by atoms with Crippen LogP contribution in [0.5, 0.6) is 0 Å². The third-order valence-corrected chi connectivity index (χ3v) is 10.5. The second-order valence-electron chi connectivity index (χ2n) is 6.62. The van der Waals surface area contributed by atoms with E-state index < -0.39 is 26.7 Å². The lowest BCUT2D eigenvalue weighted by Gasteiger charge is -2.31. The molecule has 188 valence electrons. The molecule has 0 heterocycles. The van der Waals surface area contributed by atoms with E-state index in [4.69, 9.17) is 22.8 Å². The molecule has 1 rings (SSSR count).